The van der Waals surface area contributed by atoms with Gasteiger partial charge in [-0.2, -0.15) is 11.8 Å². The Bertz CT molecular complexity index is 527. The average molecular weight is 261 g/mol. The van der Waals surface area contributed by atoms with Gasteiger partial charge in [0.1, 0.15) is 5.82 Å². The Morgan fingerprint density at radius 2 is 1.89 bits per heavy atom. The quantitative estimate of drug-likeness (QED) is 0.895. The highest BCUT2D eigenvalue weighted by Crippen LogP contribution is 2.16. The first-order valence-corrected chi connectivity index (χ1v) is 7.56. The van der Waals surface area contributed by atoms with Crippen LogP contribution in [0.15, 0.2) is 24.3 Å². The van der Waals surface area contributed by atoms with E-state index < -0.39 is 0 Å². The minimum Gasteiger partial charge on any atom is -0.368 e. The molecule has 2 aromatic rings. The van der Waals surface area contributed by atoms with Gasteiger partial charge >= 0.3 is 0 Å². The van der Waals surface area contributed by atoms with Crippen molar-refractivity contribution in [3.05, 3.63) is 30.0 Å². The molecule has 0 aliphatic heterocycles. The number of nitrogens with one attached hydrogen (secondary N) is 1. The van der Waals surface area contributed by atoms with E-state index in [2.05, 4.69) is 28.5 Å². The van der Waals surface area contributed by atoms with E-state index in [4.69, 9.17) is 0 Å². The minimum atomic E-state index is 0.632. The molecule has 2 rings (SSSR count). The Morgan fingerprint density at radius 1 is 1.22 bits per heavy atom. The Labute approximate surface area is 112 Å². The van der Waals surface area contributed by atoms with Gasteiger partial charge in [-0.25, -0.2) is 9.97 Å². The van der Waals surface area contributed by atoms with Crippen LogP contribution in [0.1, 0.15) is 12.6 Å². The minimum absolute atomic E-state index is 0.632. The standard InChI is InChI=1S/C14H19N3S/c1-10(9-18-3)8-15-14-11(2)16-12-6-4-5-7-13(12)17-14/h4-7,10H,8-9H2,1-3H3,(H,15,17). The molecule has 18 heavy (non-hydrogen) atoms. The molecule has 0 bridgehead atoms. The SMILES string of the molecule is CSCC(C)CNc1nc2ccccc2nc1C. The molecule has 1 atom stereocenters. The molecule has 0 amide bonds. The molecule has 3 nitrogen and oxygen atoms in total. The maximum atomic E-state index is 4.63. The molecule has 1 aromatic carbocycles. The van der Waals surface area contributed by atoms with Crippen LogP contribution in [-0.4, -0.2) is 28.5 Å². The first-order chi connectivity index (χ1) is 8.70. The molecule has 0 aliphatic rings. The lowest BCUT2D eigenvalue weighted by Crippen LogP contribution is -2.15. The molecule has 0 saturated carbocycles. The number of aryl methyl sites for hydroxylation is 1. The summed E-state index contributed by atoms with van der Waals surface area (Å²) in [6.07, 6.45) is 2.14. The van der Waals surface area contributed by atoms with Gasteiger partial charge in [0.15, 0.2) is 0 Å². The third-order valence-corrected chi connectivity index (χ3v) is 3.72. The summed E-state index contributed by atoms with van der Waals surface area (Å²) in [6.45, 7) is 5.18. The molecule has 1 N–H and O–H groups in total. The molecule has 4 heteroatoms. The van der Waals surface area contributed by atoms with Crippen molar-refractivity contribution >= 4 is 28.6 Å². The maximum absolute atomic E-state index is 4.63. The highest BCUT2D eigenvalue weighted by molar-refractivity contribution is 7.98. The van der Waals surface area contributed by atoms with Crippen LogP contribution < -0.4 is 5.32 Å². The zero-order valence-electron chi connectivity index (χ0n) is 11.1. The van der Waals surface area contributed by atoms with Gasteiger partial charge in [0.25, 0.3) is 0 Å². The summed E-state index contributed by atoms with van der Waals surface area (Å²) >= 11 is 1.88. The topological polar surface area (TPSA) is 37.8 Å². The van der Waals surface area contributed by atoms with Gasteiger partial charge in [-0.3, -0.25) is 0 Å². The third kappa shape index (κ3) is 3.13. The van der Waals surface area contributed by atoms with Crippen LogP contribution in [0, 0.1) is 12.8 Å². The summed E-state index contributed by atoms with van der Waals surface area (Å²) in [5.41, 5.74) is 2.87. The number of para-hydroxylation sites is 2. The van der Waals surface area contributed by atoms with Crippen molar-refractivity contribution in [2.75, 3.05) is 23.9 Å². The summed E-state index contributed by atoms with van der Waals surface area (Å²) in [4.78, 5) is 9.20. The molecule has 0 saturated heterocycles. The van der Waals surface area contributed by atoms with Gasteiger partial charge in [-0.1, -0.05) is 19.1 Å². The van der Waals surface area contributed by atoms with E-state index in [0.29, 0.717) is 5.92 Å². The number of thioether (sulfide) groups is 1. The van der Waals surface area contributed by atoms with E-state index in [9.17, 15) is 0 Å². The lowest BCUT2D eigenvalue weighted by atomic mass is 10.2. The van der Waals surface area contributed by atoms with E-state index in [1.807, 2.05) is 43.0 Å². The summed E-state index contributed by atoms with van der Waals surface area (Å²) in [6, 6.07) is 7.98. The van der Waals surface area contributed by atoms with Crippen molar-refractivity contribution in [1.29, 1.82) is 0 Å². The Balaban J connectivity index is 2.15. The van der Waals surface area contributed by atoms with Crippen molar-refractivity contribution < 1.29 is 0 Å². The number of benzene rings is 1. The van der Waals surface area contributed by atoms with Gasteiger partial charge in [-0.15, -0.1) is 0 Å². The molecule has 0 radical (unpaired) electrons. The second-order valence-electron chi connectivity index (χ2n) is 4.59. The monoisotopic (exact) mass is 261 g/mol. The zero-order valence-corrected chi connectivity index (χ0v) is 11.9. The second-order valence-corrected chi connectivity index (χ2v) is 5.50. The average Bonchev–Trinajstić information content (AvgIpc) is 2.36. The fourth-order valence-corrected chi connectivity index (χ4v) is 2.56. The molecule has 96 valence electrons. The third-order valence-electron chi connectivity index (χ3n) is 2.81. The number of hydrogen-bond donors (Lipinski definition) is 1. The number of nitrogens with zero attached hydrogens (tertiary/aromatic N) is 2. The maximum Gasteiger partial charge on any atom is 0.148 e. The number of hydrogen-bond acceptors (Lipinski definition) is 4. The van der Waals surface area contributed by atoms with Gasteiger partial charge in [0, 0.05) is 6.54 Å². The molecule has 1 heterocycles. The summed E-state index contributed by atoms with van der Waals surface area (Å²) in [7, 11) is 0. The van der Waals surface area contributed by atoms with Crippen molar-refractivity contribution in [2.45, 2.75) is 13.8 Å². The van der Waals surface area contributed by atoms with Crippen molar-refractivity contribution in [3.8, 4) is 0 Å². The fourth-order valence-electron chi connectivity index (χ4n) is 1.87. The predicted octanol–water partition coefficient (Wildman–Crippen LogP) is 3.35. The van der Waals surface area contributed by atoms with Gasteiger partial charge in [0.05, 0.1) is 16.7 Å². The Hall–Kier alpha value is -1.29. The van der Waals surface area contributed by atoms with E-state index in [0.717, 1.165) is 34.8 Å². The van der Waals surface area contributed by atoms with Crippen LogP contribution in [0.2, 0.25) is 0 Å². The molecular weight excluding hydrogens is 242 g/mol. The number of aromatic nitrogens is 2. The number of fused-ring (bicyclic) bond motifs is 1. The van der Waals surface area contributed by atoms with Crippen LogP contribution in [0.5, 0.6) is 0 Å². The van der Waals surface area contributed by atoms with Gasteiger partial charge in [-0.05, 0) is 37.0 Å². The molecule has 0 fully saturated rings. The summed E-state index contributed by atoms with van der Waals surface area (Å²) in [5, 5.41) is 3.40. The van der Waals surface area contributed by atoms with E-state index >= 15 is 0 Å². The lowest BCUT2D eigenvalue weighted by Gasteiger charge is -2.13. The van der Waals surface area contributed by atoms with E-state index in [1.165, 1.54) is 0 Å². The van der Waals surface area contributed by atoms with Crippen LogP contribution in [0.25, 0.3) is 11.0 Å². The smallest absolute Gasteiger partial charge is 0.148 e. The van der Waals surface area contributed by atoms with Crippen molar-refractivity contribution in [2.24, 2.45) is 5.92 Å². The van der Waals surface area contributed by atoms with Crippen LogP contribution >= 0.6 is 11.8 Å². The van der Waals surface area contributed by atoms with Crippen LogP contribution in [-0.2, 0) is 0 Å². The summed E-state index contributed by atoms with van der Waals surface area (Å²) in [5.74, 6) is 2.70. The summed E-state index contributed by atoms with van der Waals surface area (Å²) < 4.78 is 0. The predicted molar refractivity (Wildman–Crippen MR) is 80.3 cm³/mol. The Morgan fingerprint density at radius 3 is 2.56 bits per heavy atom. The highest BCUT2D eigenvalue weighted by Gasteiger charge is 2.06. The normalized spacial score (nSPS) is 12.6. The first kappa shape index (κ1) is 13.1. The first-order valence-electron chi connectivity index (χ1n) is 6.17. The lowest BCUT2D eigenvalue weighted by molar-refractivity contribution is 0.699. The molecule has 0 spiro atoms. The fraction of sp³-hybridized carbons (Fsp3) is 0.429. The largest absolute Gasteiger partial charge is 0.368 e. The van der Waals surface area contributed by atoms with Gasteiger partial charge in [0.2, 0.25) is 0 Å². The highest BCUT2D eigenvalue weighted by atomic mass is 32.2. The number of anilines is 1. The second kappa shape index (κ2) is 6.05. The van der Waals surface area contributed by atoms with E-state index in [-0.39, 0.29) is 0 Å². The van der Waals surface area contributed by atoms with Crippen molar-refractivity contribution in [1.82, 2.24) is 9.97 Å². The van der Waals surface area contributed by atoms with Crippen LogP contribution in [0.4, 0.5) is 5.82 Å². The van der Waals surface area contributed by atoms with E-state index in [1.54, 1.807) is 0 Å². The van der Waals surface area contributed by atoms with Crippen molar-refractivity contribution in [3.63, 3.8) is 0 Å². The molecule has 1 unspecified atom stereocenters. The number of rotatable bonds is 5. The zero-order chi connectivity index (χ0) is 13.0. The molecular formula is C14H19N3S. The van der Waals surface area contributed by atoms with Crippen LogP contribution in [0.3, 0.4) is 0 Å². The molecule has 1 aromatic heterocycles. The van der Waals surface area contributed by atoms with Gasteiger partial charge < -0.3 is 5.32 Å². The molecule has 0 aliphatic carbocycles. The Kier molecular flexibility index (Phi) is 4.42.